The van der Waals surface area contributed by atoms with Crippen LogP contribution >= 0.6 is 6.04 Å². The van der Waals surface area contributed by atoms with Crippen LogP contribution in [-0.4, -0.2) is 9.38 Å². The summed E-state index contributed by atoms with van der Waals surface area (Å²) in [6, 6.07) is 60.8. The van der Waals surface area contributed by atoms with Crippen molar-refractivity contribution in [2.45, 2.75) is 0 Å². The van der Waals surface area contributed by atoms with E-state index < -0.39 is 6.04 Å². The fourth-order valence-electron chi connectivity index (χ4n) is 7.89. The van der Waals surface area contributed by atoms with Gasteiger partial charge in [0.2, 0.25) is 0 Å². The van der Waals surface area contributed by atoms with E-state index in [0.717, 1.165) is 33.1 Å². The molecule has 0 spiro atoms. The first kappa shape index (κ1) is 28.4. The average Bonchev–Trinajstić information content (AvgIpc) is 3.58. The summed E-state index contributed by atoms with van der Waals surface area (Å²) >= 11 is 7.15. The number of fused-ring (bicyclic) bond motifs is 11. The Morgan fingerprint density at radius 2 is 0.959 bits per heavy atom. The van der Waals surface area contributed by atoms with E-state index in [1.54, 1.807) is 0 Å². The third kappa shape index (κ3) is 4.13. The van der Waals surface area contributed by atoms with E-state index in [1.165, 1.54) is 53.8 Å². The zero-order chi connectivity index (χ0) is 32.5. The summed E-state index contributed by atoms with van der Waals surface area (Å²) in [5.74, 6) is 0. The van der Waals surface area contributed by atoms with E-state index in [4.69, 9.17) is 16.8 Å². The van der Waals surface area contributed by atoms with Crippen molar-refractivity contribution in [1.82, 2.24) is 9.38 Å². The third-order valence-corrected chi connectivity index (χ3v) is 15.0. The topological polar surface area (TPSA) is 17.3 Å². The van der Waals surface area contributed by atoms with Crippen molar-refractivity contribution in [2.75, 3.05) is 0 Å². The molecule has 0 saturated heterocycles. The molecule has 0 radical (unpaired) electrons. The molecule has 49 heavy (non-hydrogen) atoms. The minimum Gasteiger partial charge on any atom is -0.292 e. The normalized spacial score (nSPS) is 12.2. The summed E-state index contributed by atoms with van der Waals surface area (Å²) in [6.45, 7) is 0. The molecule has 0 aliphatic rings. The van der Waals surface area contributed by atoms with Gasteiger partial charge in [0.05, 0.1) is 16.6 Å². The molecule has 0 unspecified atom stereocenters. The number of hydrogen-bond donors (Lipinski definition) is 0. The molecule has 0 bridgehead atoms. The fourth-order valence-corrected chi connectivity index (χ4v) is 12.3. The van der Waals surface area contributed by atoms with Crippen LogP contribution in [0, 0.1) is 0 Å². The highest BCUT2D eigenvalue weighted by Gasteiger charge is 2.31. The summed E-state index contributed by atoms with van der Waals surface area (Å²) in [5.41, 5.74) is 6.62. The lowest BCUT2D eigenvalue weighted by atomic mass is 9.91. The molecule has 0 amide bonds. The number of imidazole rings is 1. The number of aromatic nitrogens is 2. The highest BCUT2D eigenvalue weighted by molar-refractivity contribution is 8.25. The smallest absolute Gasteiger partial charge is 0.146 e. The monoisotopic (exact) mass is 660 g/mol. The van der Waals surface area contributed by atoms with Gasteiger partial charge in [-0.25, -0.2) is 4.98 Å². The van der Waals surface area contributed by atoms with Crippen molar-refractivity contribution in [1.29, 1.82) is 0 Å². The van der Waals surface area contributed by atoms with Crippen LogP contribution in [0.25, 0.3) is 71.0 Å². The lowest BCUT2D eigenvalue weighted by Crippen LogP contribution is -2.27. The van der Waals surface area contributed by atoms with Gasteiger partial charge in [0.15, 0.2) is 0 Å². The Morgan fingerprint density at radius 1 is 0.429 bits per heavy atom. The van der Waals surface area contributed by atoms with E-state index in [-0.39, 0.29) is 0 Å². The van der Waals surface area contributed by atoms with Crippen LogP contribution in [0.3, 0.4) is 0 Å². The molecule has 10 rings (SSSR count). The van der Waals surface area contributed by atoms with Crippen molar-refractivity contribution < 1.29 is 0 Å². The second-order valence-corrected chi connectivity index (χ2v) is 17.0. The number of hydrogen-bond acceptors (Lipinski definition) is 2. The number of para-hydroxylation sites is 3. The van der Waals surface area contributed by atoms with Gasteiger partial charge in [-0.05, 0) is 79.0 Å². The van der Waals surface area contributed by atoms with Crippen molar-refractivity contribution in [3.05, 3.63) is 176 Å². The standard InChI is InChI=1S/C45H29N2PS/c49-48(31-15-3-1-4-16-31,32-17-5-2-6-18-32)44-37-23-10-8-20-34(37)33-19-7-9-22-36(33)43(44)30-27-28-38-39(29-30)35-21-11-13-25-41(35)47-42-26-14-12-24-40(42)46-45(38)47/h1-29H. The molecule has 230 valence electrons. The maximum atomic E-state index is 7.15. The van der Waals surface area contributed by atoms with Gasteiger partial charge in [-0.1, -0.05) is 157 Å². The Labute approximate surface area is 288 Å². The lowest BCUT2D eigenvalue weighted by molar-refractivity contribution is 1.31. The Hall–Kier alpha value is -5.60. The SMILES string of the molecule is S=P(c1ccccc1)(c1ccccc1)c1c(-c2ccc3c(c2)c2ccccc2n2c4ccccc4nc32)c2ccccc2c2ccccc12. The molecule has 0 atom stereocenters. The van der Waals surface area contributed by atoms with E-state index in [2.05, 4.69) is 180 Å². The maximum absolute atomic E-state index is 7.15. The first-order valence-electron chi connectivity index (χ1n) is 16.6. The van der Waals surface area contributed by atoms with Crippen molar-refractivity contribution in [2.24, 2.45) is 0 Å². The van der Waals surface area contributed by atoms with Crippen LogP contribution in [-0.2, 0) is 11.8 Å². The van der Waals surface area contributed by atoms with Gasteiger partial charge in [0.25, 0.3) is 0 Å². The summed E-state index contributed by atoms with van der Waals surface area (Å²) in [5, 5.41) is 12.0. The Kier molecular flexibility index (Phi) is 6.36. The van der Waals surface area contributed by atoms with Crippen molar-refractivity contribution >= 4 is 93.7 Å². The summed E-state index contributed by atoms with van der Waals surface area (Å²) in [6.07, 6.45) is 0. The molecular formula is C45H29N2PS. The van der Waals surface area contributed by atoms with Gasteiger partial charge in [-0.3, -0.25) is 4.40 Å². The van der Waals surface area contributed by atoms with Gasteiger partial charge in [-0.15, -0.1) is 0 Å². The largest absolute Gasteiger partial charge is 0.292 e. The molecule has 8 aromatic carbocycles. The Morgan fingerprint density at radius 3 is 1.65 bits per heavy atom. The molecule has 0 saturated carbocycles. The van der Waals surface area contributed by atoms with E-state index in [9.17, 15) is 0 Å². The number of nitrogens with zero attached hydrogens (tertiary/aromatic N) is 2. The Bertz CT molecular complexity index is 2920. The van der Waals surface area contributed by atoms with Crippen LogP contribution < -0.4 is 15.9 Å². The van der Waals surface area contributed by atoms with Crippen molar-refractivity contribution in [3.8, 4) is 11.1 Å². The van der Waals surface area contributed by atoms with E-state index in [1.807, 2.05) is 0 Å². The molecule has 0 N–H and O–H groups in total. The predicted molar refractivity (Wildman–Crippen MR) is 214 cm³/mol. The first-order chi connectivity index (χ1) is 24.2. The number of rotatable bonds is 4. The molecule has 0 fully saturated rings. The molecule has 0 aliphatic carbocycles. The summed E-state index contributed by atoms with van der Waals surface area (Å²) < 4.78 is 2.31. The maximum Gasteiger partial charge on any atom is 0.146 e. The fraction of sp³-hybridized carbons (Fsp3) is 0. The van der Waals surface area contributed by atoms with Crippen LogP contribution in [0.15, 0.2) is 176 Å². The first-order valence-corrected chi connectivity index (χ1v) is 19.4. The molecule has 4 heteroatoms. The molecule has 2 aromatic heterocycles. The van der Waals surface area contributed by atoms with Gasteiger partial charge in [0.1, 0.15) is 5.65 Å². The third-order valence-electron chi connectivity index (χ3n) is 10.0. The molecule has 10 aromatic rings. The highest BCUT2D eigenvalue weighted by atomic mass is 32.4. The van der Waals surface area contributed by atoms with Crippen LogP contribution in [0.2, 0.25) is 0 Å². The van der Waals surface area contributed by atoms with Gasteiger partial charge < -0.3 is 0 Å². The van der Waals surface area contributed by atoms with Gasteiger partial charge in [-0.2, -0.15) is 0 Å². The van der Waals surface area contributed by atoms with Crippen LogP contribution in [0.5, 0.6) is 0 Å². The zero-order valence-electron chi connectivity index (χ0n) is 26.5. The molecule has 0 aliphatic heterocycles. The van der Waals surface area contributed by atoms with Crippen molar-refractivity contribution in [3.63, 3.8) is 0 Å². The molecule has 2 heterocycles. The Balaban J connectivity index is 1.40. The lowest BCUT2D eigenvalue weighted by Gasteiger charge is -2.29. The summed E-state index contributed by atoms with van der Waals surface area (Å²) in [4.78, 5) is 5.17. The van der Waals surface area contributed by atoms with E-state index >= 15 is 0 Å². The van der Waals surface area contributed by atoms with Crippen LogP contribution in [0.1, 0.15) is 0 Å². The van der Waals surface area contributed by atoms with E-state index in [0.29, 0.717) is 0 Å². The summed E-state index contributed by atoms with van der Waals surface area (Å²) in [7, 11) is 0. The minimum atomic E-state index is -2.58. The molecular weight excluding hydrogens is 632 g/mol. The zero-order valence-corrected chi connectivity index (χ0v) is 28.2. The number of pyridine rings is 1. The second-order valence-electron chi connectivity index (χ2n) is 12.6. The quantitative estimate of drug-likeness (QED) is 0.138. The minimum absolute atomic E-state index is 0.976. The van der Waals surface area contributed by atoms with Gasteiger partial charge in [0, 0.05) is 22.1 Å². The second kappa shape index (κ2) is 11.0. The highest BCUT2D eigenvalue weighted by Crippen LogP contribution is 2.50. The average molecular weight is 661 g/mol. The number of benzene rings is 8. The van der Waals surface area contributed by atoms with Gasteiger partial charge >= 0.3 is 0 Å². The predicted octanol–water partition coefficient (Wildman–Crippen LogP) is 10.5. The molecule has 2 nitrogen and oxygen atoms in total. The van der Waals surface area contributed by atoms with Crippen LogP contribution in [0.4, 0.5) is 0 Å².